The number of carbonyl (C=O) groups is 2. The van der Waals surface area contributed by atoms with Crippen molar-refractivity contribution in [1.29, 1.82) is 0 Å². The van der Waals surface area contributed by atoms with Gasteiger partial charge in [-0.15, -0.1) is 0 Å². The second-order valence-corrected chi connectivity index (χ2v) is 3.12. The highest BCUT2D eigenvalue weighted by Gasteiger charge is 2.13. The molecule has 0 fully saturated rings. The summed E-state index contributed by atoms with van der Waals surface area (Å²) in [5.41, 5.74) is 0.0588. The van der Waals surface area contributed by atoms with Crippen LogP contribution in [0.15, 0.2) is 12.2 Å². The van der Waals surface area contributed by atoms with Gasteiger partial charge < -0.3 is 18.9 Å². The molecule has 0 amide bonds. The predicted octanol–water partition coefficient (Wildman–Crippen LogP) is 0.312. The summed E-state index contributed by atoms with van der Waals surface area (Å²) in [5.74, 6) is -1.15. The fourth-order valence-electron chi connectivity index (χ4n) is 0.856. The molecule has 0 saturated carbocycles. The maximum absolute atomic E-state index is 11.3. The molecule has 0 aromatic rings. The highest BCUT2D eigenvalue weighted by molar-refractivity contribution is 5.93. The monoisotopic (exact) mass is 246 g/mol. The molecule has 0 aliphatic rings. The van der Waals surface area contributed by atoms with E-state index in [0.29, 0.717) is 13.2 Å². The Bertz CT molecular complexity index is 261. The maximum atomic E-state index is 11.3. The van der Waals surface area contributed by atoms with E-state index < -0.39 is 11.9 Å². The average molecular weight is 246 g/mol. The van der Waals surface area contributed by atoms with Gasteiger partial charge in [0.2, 0.25) is 0 Å². The first-order valence-electron chi connectivity index (χ1n) is 5.10. The van der Waals surface area contributed by atoms with E-state index in [2.05, 4.69) is 6.58 Å². The van der Waals surface area contributed by atoms with Gasteiger partial charge in [0.05, 0.1) is 19.6 Å². The number of ether oxygens (including phenoxy) is 4. The predicted molar refractivity (Wildman–Crippen MR) is 59.4 cm³/mol. The van der Waals surface area contributed by atoms with E-state index in [1.54, 1.807) is 0 Å². The van der Waals surface area contributed by atoms with Crippen molar-refractivity contribution in [2.45, 2.75) is 6.42 Å². The van der Waals surface area contributed by atoms with Crippen molar-refractivity contribution >= 4 is 11.9 Å². The van der Waals surface area contributed by atoms with Crippen molar-refractivity contribution in [1.82, 2.24) is 0 Å². The van der Waals surface area contributed by atoms with Crippen LogP contribution in [-0.2, 0) is 28.5 Å². The summed E-state index contributed by atoms with van der Waals surface area (Å²) in [6, 6.07) is 0. The smallest absolute Gasteiger partial charge is 0.334 e. The van der Waals surface area contributed by atoms with Crippen LogP contribution in [0.2, 0.25) is 0 Å². The zero-order valence-corrected chi connectivity index (χ0v) is 10.2. The first-order chi connectivity index (χ1) is 8.11. The van der Waals surface area contributed by atoms with Crippen LogP contribution in [0, 0.1) is 0 Å². The molecule has 0 spiro atoms. The highest BCUT2D eigenvalue weighted by Crippen LogP contribution is 2.03. The van der Waals surface area contributed by atoms with Gasteiger partial charge in [-0.2, -0.15) is 0 Å². The van der Waals surface area contributed by atoms with Gasteiger partial charge in [0, 0.05) is 19.8 Å². The molecule has 0 aliphatic carbocycles. The van der Waals surface area contributed by atoms with E-state index >= 15 is 0 Å². The molecule has 0 heterocycles. The standard InChI is InChI=1S/C11H18O6/c1-9(11(13)17-7-5-15-3)8-10(12)16-6-4-14-2/h1,4-8H2,2-3H3. The molecule has 17 heavy (non-hydrogen) atoms. The lowest BCUT2D eigenvalue weighted by Crippen LogP contribution is -2.16. The lowest BCUT2D eigenvalue weighted by atomic mass is 10.2. The molecule has 0 unspecified atom stereocenters. The Kier molecular flexibility index (Phi) is 8.99. The van der Waals surface area contributed by atoms with Crippen LogP contribution in [0.5, 0.6) is 0 Å². The molecule has 0 aromatic carbocycles. The van der Waals surface area contributed by atoms with Crippen molar-refractivity contribution in [2.75, 3.05) is 40.6 Å². The van der Waals surface area contributed by atoms with E-state index in [4.69, 9.17) is 18.9 Å². The molecule has 0 N–H and O–H groups in total. The van der Waals surface area contributed by atoms with E-state index in [1.165, 1.54) is 14.2 Å². The summed E-state index contributed by atoms with van der Waals surface area (Å²) >= 11 is 0. The molecule has 0 aliphatic heterocycles. The maximum Gasteiger partial charge on any atom is 0.334 e. The quantitative estimate of drug-likeness (QED) is 0.331. The number of hydrogen-bond acceptors (Lipinski definition) is 6. The number of methoxy groups -OCH3 is 2. The van der Waals surface area contributed by atoms with Crippen LogP contribution >= 0.6 is 0 Å². The molecule has 6 heteroatoms. The SMILES string of the molecule is C=C(CC(=O)OCCOC)C(=O)OCCOC. The molecule has 0 saturated heterocycles. The van der Waals surface area contributed by atoms with Crippen LogP contribution in [-0.4, -0.2) is 52.6 Å². The third-order valence-corrected chi connectivity index (χ3v) is 1.72. The van der Waals surface area contributed by atoms with E-state index in [-0.39, 0.29) is 25.2 Å². The number of rotatable bonds is 9. The fourth-order valence-corrected chi connectivity index (χ4v) is 0.856. The zero-order valence-electron chi connectivity index (χ0n) is 10.2. The van der Waals surface area contributed by atoms with Crippen LogP contribution in [0.4, 0.5) is 0 Å². The van der Waals surface area contributed by atoms with Crippen LogP contribution in [0.3, 0.4) is 0 Å². The Morgan fingerprint density at radius 3 is 2.00 bits per heavy atom. The summed E-state index contributed by atoms with van der Waals surface area (Å²) in [4.78, 5) is 22.5. The Balaban J connectivity index is 3.75. The summed E-state index contributed by atoms with van der Waals surface area (Å²) < 4.78 is 19.0. The second kappa shape index (κ2) is 9.80. The minimum atomic E-state index is -0.620. The summed E-state index contributed by atoms with van der Waals surface area (Å²) in [6.45, 7) is 4.36. The van der Waals surface area contributed by atoms with Crippen molar-refractivity contribution in [2.24, 2.45) is 0 Å². The zero-order chi connectivity index (χ0) is 13.1. The molecule has 98 valence electrons. The minimum absolute atomic E-state index is 0.0588. The largest absolute Gasteiger partial charge is 0.463 e. The molecule has 0 aromatic heterocycles. The lowest BCUT2D eigenvalue weighted by molar-refractivity contribution is -0.147. The molecule has 0 bridgehead atoms. The van der Waals surface area contributed by atoms with Crippen LogP contribution < -0.4 is 0 Å². The topological polar surface area (TPSA) is 71.1 Å². The molecular formula is C11H18O6. The van der Waals surface area contributed by atoms with Gasteiger partial charge in [-0.05, 0) is 0 Å². The molecule has 6 nitrogen and oxygen atoms in total. The third kappa shape index (κ3) is 8.41. The van der Waals surface area contributed by atoms with Gasteiger partial charge >= 0.3 is 11.9 Å². The van der Waals surface area contributed by atoms with Gasteiger partial charge in [-0.25, -0.2) is 4.79 Å². The number of carbonyl (C=O) groups excluding carboxylic acids is 2. The fraction of sp³-hybridized carbons (Fsp3) is 0.636. The third-order valence-electron chi connectivity index (χ3n) is 1.72. The molecule has 0 rings (SSSR count). The van der Waals surface area contributed by atoms with Gasteiger partial charge in [0.15, 0.2) is 0 Å². The average Bonchev–Trinajstić information content (AvgIpc) is 2.29. The number of esters is 2. The van der Waals surface area contributed by atoms with E-state index in [0.717, 1.165) is 0 Å². The minimum Gasteiger partial charge on any atom is -0.463 e. The molecule has 0 atom stereocenters. The Hall–Kier alpha value is -1.40. The van der Waals surface area contributed by atoms with Crippen LogP contribution in [0.1, 0.15) is 6.42 Å². The normalized spacial score (nSPS) is 9.76. The molecule has 0 radical (unpaired) electrons. The first-order valence-corrected chi connectivity index (χ1v) is 5.10. The lowest BCUT2D eigenvalue weighted by Gasteiger charge is -2.07. The Morgan fingerprint density at radius 1 is 0.941 bits per heavy atom. The highest BCUT2D eigenvalue weighted by atomic mass is 16.6. The summed E-state index contributed by atoms with van der Waals surface area (Å²) in [7, 11) is 3.00. The summed E-state index contributed by atoms with van der Waals surface area (Å²) in [6.07, 6.45) is -0.185. The van der Waals surface area contributed by atoms with Gasteiger partial charge in [0.1, 0.15) is 13.2 Å². The van der Waals surface area contributed by atoms with Gasteiger partial charge in [-0.3, -0.25) is 4.79 Å². The Morgan fingerprint density at radius 2 is 1.47 bits per heavy atom. The summed E-state index contributed by atoms with van der Waals surface area (Å²) in [5, 5.41) is 0. The van der Waals surface area contributed by atoms with E-state index in [9.17, 15) is 9.59 Å². The Labute approximate surface area is 100 Å². The van der Waals surface area contributed by atoms with Crippen LogP contribution in [0.25, 0.3) is 0 Å². The first kappa shape index (κ1) is 15.6. The van der Waals surface area contributed by atoms with Gasteiger partial charge in [0.25, 0.3) is 0 Å². The van der Waals surface area contributed by atoms with Gasteiger partial charge in [-0.1, -0.05) is 6.58 Å². The van der Waals surface area contributed by atoms with Crippen molar-refractivity contribution in [3.63, 3.8) is 0 Å². The second-order valence-electron chi connectivity index (χ2n) is 3.12. The van der Waals surface area contributed by atoms with Crippen molar-refractivity contribution in [3.8, 4) is 0 Å². The molecular weight excluding hydrogens is 228 g/mol. The van der Waals surface area contributed by atoms with E-state index in [1.807, 2.05) is 0 Å². The number of hydrogen-bond donors (Lipinski definition) is 0. The van der Waals surface area contributed by atoms with Crippen molar-refractivity contribution < 1.29 is 28.5 Å². The van der Waals surface area contributed by atoms with Crippen molar-refractivity contribution in [3.05, 3.63) is 12.2 Å².